The lowest BCUT2D eigenvalue weighted by Gasteiger charge is -2.35. The summed E-state index contributed by atoms with van der Waals surface area (Å²) in [5, 5.41) is 0. The lowest BCUT2D eigenvalue weighted by atomic mass is 9.98. The van der Waals surface area contributed by atoms with Crippen LogP contribution >= 0.6 is 11.6 Å². The topological polar surface area (TPSA) is 3.24 Å². The molecule has 1 aliphatic heterocycles. The number of hydrogen-bond donors (Lipinski definition) is 0. The molecule has 1 atom stereocenters. The van der Waals surface area contributed by atoms with Crippen molar-refractivity contribution in [3.05, 3.63) is 0 Å². The molecule has 0 N–H and O–H groups in total. The van der Waals surface area contributed by atoms with Crippen LogP contribution in [0, 0.1) is 0 Å². The van der Waals surface area contributed by atoms with E-state index >= 15 is 0 Å². The third kappa shape index (κ3) is 3.86. The summed E-state index contributed by atoms with van der Waals surface area (Å²) >= 11 is 5.72. The molecule has 1 fully saturated rings. The van der Waals surface area contributed by atoms with Gasteiger partial charge in [0.2, 0.25) is 0 Å². The monoisotopic (exact) mass is 203 g/mol. The van der Waals surface area contributed by atoms with Crippen molar-refractivity contribution < 1.29 is 0 Å². The Balaban J connectivity index is 2.28. The average Bonchev–Trinajstić information content (AvgIpc) is 2.17. The first kappa shape index (κ1) is 11.3. The van der Waals surface area contributed by atoms with Gasteiger partial charge < -0.3 is 4.90 Å². The van der Waals surface area contributed by atoms with Crippen molar-refractivity contribution in [1.82, 2.24) is 4.90 Å². The fourth-order valence-electron chi connectivity index (χ4n) is 2.28. The van der Waals surface area contributed by atoms with Crippen LogP contribution < -0.4 is 0 Å². The minimum Gasteiger partial charge on any atom is -0.300 e. The van der Waals surface area contributed by atoms with Gasteiger partial charge in [0.05, 0.1) is 0 Å². The van der Waals surface area contributed by atoms with Crippen LogP contribution in [-0.2, 0) is 0 Å². The Hall–Kier alpha value is 0.250. The third-order valence-corrected chi connectivity index (χ3v) is 3.22. The molecule has 0 aromatic heterocycles. The van der Waals surface area contributed by atoms with Crippen molar-refractivity contribution in [2.24, 2.45) is 0 Å². The van der Waals surface area contributed by atoms with Crippen LogP contribution in [0.5, 0.6) is 0 Å². The normalized spacial score (nSPS) is 24.9. The highest BCUT2D eigenvalue weighted by atomic mass is 35.5. The van der Waals surface area contributed by atoms with Gasteiger partial charge in [-0.15, -0.1) is 11.6 Å². The zero-order chi connectivity index (χ0) is 9.52. The molecule has 1 aliphatic rings. The first-order valence-corrected chi connectivity index (χ1v) is 6.22. The highest BCUT2D eigenvalue weighted by Crippen LogP contribution is 2.20. The third-order valence-electron chi connectivity index (χ3n) is 2.95. The van der Waals surface area contributed by atoms with Crippen molar-refractivity contribution in [1.29, 1.82) is 0 Å². The molecular weight excluding hydrogens is 182 g/mol. The van der Waals surface area contributed by atoms with Gasteiger partial charge in [0.15, 0.2) is 0 Å². The summed E-state index contributed by atoms with van der Waals surface area (Å²) < 4.78 is 0. The maximum Gasteiger partial charge on any atom is 0.0235 e. The van der Waals surface area contributed by atoms with Crippen LogP contribution in [0.25, 0.3) is 0 Å². The smallest absolute Gasteiger partial charge is 0.0235 e. The van der Waals surface area contributed by atoms with Crippen molar-refractivity contribution >= 4 is 11.6 Å². The Morgan fingerprint density at radius 2 is 2.23 bits per heavy atom. The molecule has 0 aromatic rings. The van der Waals surface area contributed by atoms with Crippen molar-refractivity contribution in [2.75, 3.05) is 19.0 Å². The molecule has 0 spiro atoms. The summed E-state index contributed by atoms with van der Waals surface area (Å²) in [7, 11) is 0. The molecule has 0 aliphatic carbocycles. The van der Waals surface area contributed by atoms with E-state index in [0.717, 1.165) is 18.3 Å². The molecule has 0 amide bonds. The highest BCUT2D eigenvalue weighted by Gasteiger charge is 2.20. The van der Waals surface area contributed by atoms with Crippen molar-refractivity contribution in [3.63, 3.8) is 0 Å². The molecule has 1 heterocycles. The fraction of sp³-hybridized carbons (Fsp3) is 1.00. The number of alkyl halides is 1. The number of piperidine rings is 1. The highest BCUT2D eigenvalue weighted by molar-refractivity contribution is 6.17. The van der Waals surface area contributed by atoms with Gasteiger partial charge in [0.25, 0.3) is 0 Å². The van der Waals surface area contributed by atoms with E-state index in [4.69, 9.17) is 11.6 Å². The first-order chi connectivity index (χ1) is 6.38. The van der Waals surface area contributed by atoms with Crippen LogP contribution in [-0.4, -0.2) is 29.9 Å². The molecule has 78 valence electrons. The van der Waals surface area contributed by atoms with Crippen LogP contribution in [0.4, 0.5) is 0 Å². The molecule has 1 saturated heterocycles. The second-order valence-corrected chi connectivity index (χ2v) is 4.39. The van der Waals surface area contributed by atoms with Gasteiger partial charge in [-0.1, -0.05) is 19.8 Å². The zero-order valence-electron chi connectivity index (χ0n) is 8.77. The van der Waals surface area contributed by atoms with E-state index in [-0.39, 0.29) is 0 Å². The van der Waals surface area contributed by atoms with Crippen LogP contribution in [0.3, 0.4) is 0 Å². The van der Waals surface area contributed by atoms with E-state index in [2.05, 4.69) is 11.8 Å². The summed E-state index contributed by atoms with van der Waals surface area (Å²) in [6.45, 7) is 4.81. The molecular formula is C11H22ClN. The average molecular weight is 204 g/mol. The van der Waals surface area contributed by atoms with Gasteiger partial charge in [0, 0.05) is 11.9 Å². The van der Waals surface area contributed by atoms with Gasteiger partial charge in [0.1, 0.15) is 0 Å². The summed E-state index contributed by atoms with van der Waals surface area (Å²) in [6, 6.07) is 0.863. The number of nitrogens with zero attached hydrogens (tertiary/aromatic N) is 1. The molecule has 13 heavy (non-hydrogen) atoms. The van der Waals surface area contributed by atoms with Gasteiger partial charge in [-0.05, 0) is 38.8 Å². The van der Waals surface area contributed by atoms with Gasteiger partial charge >= 0.3 is 0 Å². The molecule has 0 saturated carbocycles. The number of hydrogen-bond acceptors (Lipinski definition) is 1. The Morgan fingerprint density at radius 3 is 2.92 bits per heavy atom. The summed E-state index contributed by atoms with van der Waals surface area (Å²) in [4.78, 5) is 2.65. The Morgan fingerprint density at radius 1 is 1.38 bits per heavy atom. The minimum atomic E-state index is 0.815. The largest absolute Gasteiger partial charge is 0.300 e. The molecule has 0 radical (unpaired) electrons. The van der Waals surface area contributed by atoms with Gasteiger partial charge in [-0.3, -0.25) is 0 Å². The van der Waals surface area contributed by atoms with Crippen LogP contribution in [0.1, 0.15) is 45.4 Å². The van der Waals surface area contributed by atoms with E-state index in [1.807, 2.05) is 0 Å². The lowest BCUT2D eigenvalue weighted by Crippen LogP contribution is -2.40. The Bertz CT molecular complexity index is 125. The lowest BCUT2D eigenvalue weighted by molar-refractivity contribution is 0.140. The van der Waals surface area contributed by atoms with E-state index in [9.17, 15) is 0 Å². The standard InChI is InChI=1S/C11H22ClN/c1-2-6-11-7-3-4-9-13(11)10-5-8-12/h11H,2-10H2,1H3. The molecule has 1 unspecified atom stereocenters. The fourth-order valence-corrected chi connectivity index (χ4v) is 2.40. The van der Waals surface area contributed by atoms with Crippen molar-refractivity contribution in [3.8, 4) is 0 Å². The molecule has 1 nitrogen and oxygen atoms in total. The molecule has 2 heteroatoms. The maximum absolute atomic E-state index is 5.72. The number of likely N-dealkylation sites (tertiary alicyclic amines) is 1. The minimum absolute atomic E-state index is 0.815. The predicted octanol–water partition coefficient (Wildman–Crippen LogP) is 3.27. The van der Waals surface area contributed by atoms with Crippen molar-refractivity contribution in [2.45, 2.75) is 51.5 Å². The number of rotatable bonds is 5. The zero-order valence-corrected chi connectivity index (χ0v) is 9.52. The van der Waals surface area contributed by atoms with Crippen LogP contribution in [0.2, 0.25) is 0 Å². The second-order valence-electron chi connectivity index (χ2n) is 4.02. The predicted molar refractivity (Wildman–Crippen MR) is 59.5 cm³/mol. The summed E-state index contributed by atoms with van der Waals surface area (Å²) in [5.41, 5.74) is 0. The SMILES string of the molecule is CCCC1CCCCN1CCCCl. The van der Waals surface area contributed by atoms with E-state index in [1.54, 1.807) is 0 Å². The molecule has 1 rings (SSSR count). The van der Waals surface area contributed by atoms with E-state index in [0.29, 0.717) is 0 Å². The van der Waals surface area contributed by atoms with Gasteiger partial charge in [-0.25, -0.2) is 0 Å². The van der Waals surface area contributed by atoms with E-state index < -0.39 is 0 Å². The summed E-state index contributed by atoms with van der Waals surface area (Å²) in [6.07, 6.45) is 8.09. The Labute approximate surface area is 87.4 Å². The second kappa shape index (κ2) is 6.67. The Kier molecular flexibility index (Phi) is 5.81. The quantitative estimate of drug-likeness (QED) is 0.620. The van der Waals surface area contributed by atoms with Crippen LogP contribution in [0.15, 0.2) is 0 Å². The molecule has 0 bridgehead atoms. The number of halogens is 1. The summed E-state index contributed by atoms with van der Waals surface area (Å²) in [5.74, 6) is 0.815. The molecule has 0 aromatic carbocycles. The van der Waals surface area contributed by atoms with E-state index in [1.165, 1.54) is 45.2 Å². The maximum atomic E-state index is 5.72. The first-order valence-electron chi connectivity index (χ1n) is 5.68. The van der Waals surface area contributed by atoms with Gasteiger partial charge in [-0.2, -0.15) is 0 Å².